The second kappa shape index (κ2) is 6.81. The molecule has 9 nitrogen and oxygen atoms in total. The third-order valence-electron chi connectivity index (χ3n) is 4.24. The zero-order chi connectivity index (χ0) is 18.1. The molecule has 0 radical (unpaired) electrons. The molecule has 1 fully saturated rings. The Morgan fingerprint density at radius 3 is 3.04 bits per heavy atom. The van der Waals surface area contributed by atoms with Crippen LogP contribution in [0, 0.1) is 10.1 Å². The van der Waals surface area contributed by atoms with Gasteiger partial charge in [-0.15, -0.1) is 21.5 Å². The minimum Gasteiger partial charge on any atom is -0.367 e. The molecule has 2 aromatic heterocycles. The first kappa shape index (κ1) is 16.6. The van der Waals surface area contributed by atoms with Gasteiger partial charge < -0.3 is 9.64 Å². The van der Waals surface area contributed by atoms with Crippen LogP contribution in [0.25, 0.3) is 11.4 Å². The average molecular weight is 372 g/mol. The van der Waals surface area contributed by atoms with E-state index in [0.29, 0.717) is 37.0 Å². The molecule has 134 valence electrons. The normalized spacial score (nSPS) is 17.4. The number of thiazole rings is 1. The lowest BCUT2D eigenvalue weighted by Gasteiger charge is -2.32. The van der Waals surface area contributed by atoms with E-state index in [1.165, 1.54) is 12.1 Å². The molecule has 0 unspecified atom stereocenters. The number of nitro benzene ring substituents is 1. The Hall–Kier alpha value is -2.85. The van der Waals surface area contributed by atoms with Gasteiger partial charge in [0.15, 0.2) is 5.82 Å². The summed E-state index contributed by atoms with van der Waals surface area (Å²) in [5, 5.41) is 22.4. The first-order chi connectivity index (χ1) is 12.6. The van der Waals surface area contributed by atoms with Gasteiger partial charge in [-0.05, 0) is 0 Å². The van der Waals surface area contributed by atoms with Gasteiger partial charge in [0, 0.05) is 42.9 Å². The number of rotatable bonds is 4. The number of nitro groups is 1. The van der Waals surface area contributed by atoms with E-state index in [1.807, 2.05) is 17.0 Å². The Kier molecular flexibility index (Phi) is 4.35. The molecule has 1 aromatic carbocycles. The Morgan fingerprint density at radius 1 is 1.38 bits per heavy atom. The quantitative estimate of drug-likeness (QED) is 0.512. The highest BCUT2D eigenvalue weighted by atomic mass is 32.1. The molecule has 1 aliphatic heterocycles. The number of benzene rings is 1. The van der Waals surface area contributed by atoms with Crippen LogP contribution in [-0.2, 0) is 11.8 Å². The van der Waals surface area contributed by atoms with Crippen molar-refractivity contribution < 1.29 is 9.66 Å². The second-order valence-electron chi connectivity index (χ2n) is 5.87. The Labute approximate surface area is 153 Å². The fourth-order valence-electron chi connectivity index (χ4n) is 2.98. The van der Waals surface area contributed by atoms with Crippen molar-refractivity contribution in [3.8, 4) is 11.4 Å². The van der Waals surface area contributed by atoms with E-state index in [-0.39, 0.29) is 11.8 Å². The first-order valence-electron chi connectivity index (χ1n) is 8.03. The van der Waals surface area contributed by atoms with Crippen LogP contribution < -0.4 is 4.90 Å². The van der Waals surface area contributed by atoms with Crippen molar-refractivity contribution in [2.45, 2.75) is 6.10 Å². The maximum atomic E-state index is 11.0. The first-order valence-corrected chi connectivity index (χ1v) is 8.91. The van der Waals surface area contributed by atoms with Gasteiger partial charge >= 0.3 is 0 Å². The largest absolute Gasteiger partial charge is 0.367 e. The number of hydrogen-bond donors (Lipinski definition) is 0. The maximum absolute atomic E-state index is 11.0. The van der Waals surface area contributed by atoms with Crippen molar-refractivity contribution in [1.29, 1.82) is 0 Å². The molecule has 3 heterocycles. The van der Waals surface area contributed by atoms with E-state index in [9.17, 15) is 10.1 Å². The number of hydrogen-bond acceptors (Lipinski definition) is 8. The smallest absolute Gasteiger partial charge is 0.270 e. The lowest BCUT2D eigenvalue weighted by Crippen LogP contribution is -2.39. The number of non-ortho nitro benzene ring substituents is 1. The molecule has 0 N–H and O–H groups in total. The standard InChI is InChI=1S/C16H16N6O3S/c1-20-14(11-3-2-4-12(9-11)22(23)24)18-19-16(20)21-6-7-25-13(10-21)15-17-5-8-26-15/h2-5,8-9,13H,6-7,10H2,1H3/t13-/m0/s1. The van der Waals surface area contributed by atoms with Crippen molar-refractivity contribution in [3.05, 3.63) is 51.0 Å². The summed E-state index contributed by atoms with van der Waals surface area (Å²) in [5.41, 5.74) is 0.687. The lowest BCUT2D eigenvalue weighted by atomic mass is 10.2. The highest BCUT2D eigenvalue weighted by molar-refractivity contribution is 7.09. The van der Waals surface area contributed by atoms with Crippen molar-refractivity contribution in [2.75, 3.05) is 24.6 Å². The molecule has 1 saturated heterocycles. The lowest BCUT2D eigenvalue weighted by molar-refractivity contribution is -0.384. The Balaban J connectivity index is 1.61. The molecule has 4 rings (SSSR count). The van der Waals surface area contributed by atoms with Crippen molar-refractivity contribution in [3.63, 3.8) is 0 Å². The fourth-order valence-corrected chi connectivity index (χ4v) is 3.66. The van der Waals surface area contributed by atoms with Crippen molar-refractivity contribution in [1.82, 2.24) is 19.7 Å². The molecule has 26 heavy (non-hydrogen) atoms. The van der Waals surface area contributed by atoms with Crippen LogP contribution in [0.4, 0.5) is 11.6 Å². The van der Waals surface area contributed by atoms with Gasteiger partial charge in [0.25, 0.3) is 5.69 Å². The zero-order valence-electron chi connectivity index (χ0n) is 14.0. The summed E-state index contributed by atoms with van der Waals surface area (Å²) in [4.78, 5) is 17.0. The van der Waals surface area contributed by atoms with Gasteiger partial charge in [0.2, 0.25) is 5.95 Å². The molecule has 3 aromatic rings. The number of morpholine rings is 1. The molecule has 0 spiro atoms. The molecule has 0 saturated carbocycles. The molecule has 0 bridgehead atoms. The highest BCUT2D eigenvalue weighted by Gasteiger charge is 2.27. The number of nitrogens with zero attached hydrogens (tertiary/aromatic N) is 6. The summed E-state index contributed by atoms with van der Waals surface area (Å²) >= 11 is 1.57. The minimum absolute atomic E-state index is 0.0299. The van der Waals surface area contributed by atoms with Crippen LogP contribution in [0.3, 0.4) is 0 Å². The number of ether oxygens (including phenoxy) is 1. The van der Waals surface area contributed by atoms with Crippen LogP contribution in [0.1, 0.15) is 11.1 Å². The monoisotopic (exact) mass is 372 g/mol. The Morgan fingerprint density at radius 2 is 2.27 bits per heavy atom. The molecule has 10 heteroatoms. The average Bonchev–Trinajstić information content (AvgIpc) is 3.32. The molecular formula is C16H16N6O3S. The van der Waals surface area contributed by atoms with Crippen LogP contribution in [-0.4, -0.2) is 44.4 Å². The Bertz CT molecular complexity index is 926. The summed E-state index contributed by atoms with van der Waals surface area (Å²) < 4.78 is 7.67. The van der Waals surface area contributed by atoms with Gasteiger partial charge in [-0.2, -0.15) is 0 Å². The molecular weight excluding hydrogens is 356 g/mol. The van der Waals surface area contributed by atoms with E-state index in [2.05, 4.69) is 20.1 Å². The van der Waals surface area contributed by atoms with Gasteiger partial charge in [0.1, 0.15) is 11.1 Å². The van der Waals surface area contributed by atoms with E-state index >= 15 is 0 Å². The highest BCUT2D eigenvalue weighted by Crippen LogP contribution is 2.29. The topological polar surface area (TPSA) is 99.2 Å². The molecule has 0 amide bonds. The van der Waals surface area contributed by atoms with Gasteiger partial charge in [-0.3, -0.25) is 14.7 Å². The zero-order valence-corrected chi connectivity index (χ0v) is 14.8. The summed E-state index contributed by atoms with van der Waals surface area (Å²) in [6, 6.07) is 6.40. The third kappa shape index (κ3) is 3.04. The molecule has 1 aliphatic rings. The minimum atomic E-state index is -0.415. The summed E-state index contributed by atoms with van der Waals surface area (Å²) in [6.45, 7) is 1.90. The predicted molar refractivity (Wildman–Crippen MR) is 96.1 cm³/mol. The summed E-state index contributed by atoms with van der Waals surface area (Å²) in [6.07, 6.45) is 1.67. The number of anilines is 1. The van der Waals surface area contributed by atoms with Crippen LogP contribution in [0.2, 0.25) is 0 Å². The van der Waals surface area contributed by atoms with Crippen LogP contribution >= 0.6 is 11.3 Å². The van der Waals surface area contributed by atoms with Crippen LogP contribution in [0.5, 0.6) is 0 Å². The second-order valence-corrected chi connectivity index (χ2v) is 6.79. The molecule has 0 aliphatic carbocycles. The third-order valence-corrected chi connectivity index (χ3v) is 5.11. The molecule has 1 atom stereocenters. The van der Waals surface area contributed by atoms with Gasteiger partial charge in [0.05, 0.1) is 18.1 Å². The van der Waals surface area contributed by atoms with E-state index in [0.717, 1.165) is 5.01 Å². The van der Waals surface area contributed by atoms with E-state index in [1.54, 1.807) is 29.7 Å². The number of aromatic nitrogens is 4. The van der Waals surface area contributed by atoms with Crippen molar-refractivity contribution >= 4 is 23.0 Å². The predicted octanol–water partition coefficient (Wildman–Crippen LogP) is 2.42. The van der Waals surface area contributed by atoms with E-state index in [4.69, 9.17) is 4.74 Å². The van der Waals surface area contributed by atoms with Gasteiger partial charge in [-0.1, -0.05) is 12.1 Å². The van der Waals surface area contributed by atoms with Gasteiger partial charge in [-0.25, -0.2) is 4.98 Å². The van der Waals surface area contributed by atoms with Crippen LogP contribution in [0.15, 0.2) is 35.8 Å². The summed E-state index contributed by atoms with van der Waals surface area (Å²) in [7, 11) is 1.86. The SMILES string of the molecule is Cn1c(-c2cccc([N+](=O)[O-])c2)nnc1N1CCO[C@H](c2nccs2)C1. The van der Waals surface area contributed by atoms with Crippen molar-refractivity contribution in [2.24, 2.45) is 7.05 Å². The maximum Gasteiger partial charge on any atom is 0.270 e. The summed E-state index contributed by atoms with van der Waals surface area (Å²) in [5.74, 6) is 1.29. The van der Waals surface area contributed by atoms with E-state index < -0.39 is 4.92 Å². The fraction of sp³-hybridized carbons (Fsp3) is 0.312.